The fourth-order valence-electron chi connectivity index (χ4n) is 3.71. The molecule has 6 nitrogen and oxygen atoms in total. The fraction of sp³-hybridized carbons (Fsp3) is 0.269. The van der Waals surface area contributed by atoms with E-state index < -0.39 is 0 Å². The van der Waals surface area contributed by atoms with Crippen molar-refractivity contribution in [3.8, 4) is 28.6 Å². The van der Waals surface area contributed by atoms with Gasteiger partial charge < -0.3 is 14.8 Å². The topological polar surface area (TPSA) is 73.3 Å². The number of amides is 1. The summed E-state index contributed by atoms with van der Waals surface area (Å²) < 4.78 is 11.1. The van der Waals surface area contributed by atoms with E-state index in [4.69, 9.17) is 9.47 Å². The SMILES string of the molecule is COc1ccc(-c2cc(Oc3cccc(C(=O)NCCC4=CCCCC4)c3)ncn2)cc1. The van der Waals surface area contributed by atoms with Gasteiger partial charge in [-0.25, -0.2) is 9.97 Å². The Hall–Kier alpha value is -3.67. The minimum absolute atomic E-state index is 0.103. The number of nitrogens with zero attached hydrogens (tertiary/aromatic N) is 2. The van der Waals surface area contributed by atoms with Crippen LogP contribution in [-0.4, -0.2) is 29.5 Å². The molecule has 164 valence electrons. The molecule has 3 aromatic rings. The molecule has 6 heteroatoms. The average Bonchev–Trinajstić information content (AvgIpc) is 2.85. The predicted octanol–water partition coefficient (Wildman–Crippen LogP) is 5.56. The molecule has 32 heavy (non-hydrogen) atoms. The van der Waals surface area contributed by atoms with Crippen LogP contribution in [0.2, 0.25) is 0 Å². The second-order valence-corrected chi connectivity index (χ2v) is 7.71. The van der Waals surface area contributed by atoms with Crippen LogP contribution in [0, 0.1) is 0 Å². The number of nitrogens with one attached hydrogen (secondary N) is 1. The van der Waals surface area contributed by atoms with Gasteiger partial charge in [0, 0.05) is 23.7 Å². The van der Waals surface area contributed by atoms with E-state index in [0.717, 1.165) is 36.3 Å². The quantitative estimate of drug-likeness (QED) is 0.474. The molecule has 0 spiro atoms. The van der Waals surface area contributed by atoms with Crippen molar-refractivity contribution in [1.29, 1.82) is 0 Å². The van der Waals surface area contributed by atoms with Crippen molar-refractivity contribution in [2.45, 2.75) is 32.1 Å². The molecular weight excluding hydrogens is 402 g/mol. The first-order chi connectivity index (χ1) is 15.7. The van der Waals surface area contributed by atoms with Crippen LogP contribution in [0.4, 0.5) is 0 Å². The highest BCUT2D eigenvalue weighted by atomic mass is 16.5. The highest BCUT2D eigenvalue weighted by Gasteiger charge is 2.10. The molecule has 1 aliphatic carbocycles. The maximum absolute atomic E-state index is 12.6. The second kappa shape index (κ2) is 10.6. The summed E-state index contributed by atoms with van der Waals surface area (Å²) in [5, 5.41) is 3.01. The largest absolute Gasteiger partial charge is 0.497 e. The van der Waals surface area contributed by atoms with Crippen molar-refractivity contribution in [2.24, 2.45) is 0 Å². The van der Waals surface area contributed by atoms with E-state index in [-0.39, 0.29) is 5.91 Å². The number of methoxy groups -OCH3 is 1. The van der Waals surface area contributed by atoms with Crippen LogP contribution in [0.15, 0.2) is 72.6 Å². The third-order valence-electron chi connectivity index (χ3n) is 5.46. The summed E-state index contributed by atoms with van der Waals surface area (Å²) in [4.78, 5) is 21.1. The molecule has 1 amide bonds. The van der Waals surface area contributed by atoms with Crippen LogP contribution in [0.1, 0.15) is 42.5 Å². The van der Waals surface area contributed by atoms with Gasteiger partial charge in [0.15, 0.2) is 0 Å². The number of aromatic nitrogens is 2. The molecule has 1 N–H and O–H groups in total. The van der Waals surface area contributed by atoms with Gasteiger partial charge in [0.1, 0.15) is 17.8 Å². The minimum atomic E-state index is -0.103. The number of benzene rings is 2. The van der Waals surface area contributed by atoms with Gasteiger partial charge in [0.2, 0.25) is 5.88 Å². The molecule has 0 saturated heterocycles. The summed E-state index contributed by atoms with van der Waals surface area (Å²) in [5.41, 5.74) is 3.68. The van der Waals surface area contributed by atoms with Gasteiger partial charge in [-0.1, -0.05) is 17.7 Å². The maximum atomic E-state index is 12.6. The molecule has 0 atom stereocenters. The lowest BCUT2D eigenvalue weighted by Gasteiger charge is -2.13. The Morgan fingerprint density at radius 3 is 2.69 bits per heavy atom. The molecule has 0 fully saturated rings. The summed E-state index contributed by atoms with van der Waals surface area (Å²) >= 11 is 0. The molecule has 1 aromatic heterocycles. The second-order valence-electron chi connectivity index (χ2n) is 7.71. The first-order valence-electron chi connectivity index (χ1n) is 10.9. The Kier molecular flexibility index (Phi) is 7.12. The summed E-state index contributed by atoms with van der Waals surface area (Å²) in [5.74, 6) is 1.64. The Bertz CT molecular complexity index is 1090. The molecule has 0 unspecified atom stereocenters. The van der Waals surface area contributed by atoms with Crippen molar-refractivity contribution in [3.05, 3.63) is 78.1 Å². The van der Waals surface area contributed by atoms with Gasteiger partial charge >= 0.3 is 0 Å². The zero-order valence-electron chi connectivity index (χ0n) is 18.2. The number of rotatable bonds is 8. The maximum Gasteiger partial charge on any atom is 0.251 e. The lowest BCUT2D eigenvalue weighted by molar-refractivity contribution is 0.0953. The highest BCUT2D eigenvalue weighted by Crippen LogP contribution is 2.26. The van der Waals surface area contributed by atoms with Crippen LogP contribution in [-0.2, 0) is 0 Å². The molecule has 0 bridgehead atoms. The third kappa shape index (κ3) is 5.72. The number of ether oxygens (including phenoxy) is 2. The smallest absolute Gasteiger partial charge is 0.251 e. The molecular formula is C26H27N3O3. The summed E-state index contributed by atoms with van der Waals surface area (Å²) in [6.45, 7) is 0.646. The number of carbonyl (C=O) groups is 1. The molecule has 1 aliphatic rings. The first kappa shape index (κ1) is 21.6. The van der Waals surface area contributed by atoms with Crippen molar-refractivity contribution in [1.82, 2.24) is 15.3 Å². The van der Waals surface area contributed by atoms with E-state index in [1.807, 2.05) is 24.3 Å². The van der Waals surface area contributed by atoms with Gasteiger partial charge in [0.25, 0.3) is 5.91 Å². The van der Waals surface area contributed by atoms with Crippen molar-refractivity contribution >= 4 is 5.91 Å². The third-order valence-corrected chi connectivity index (χ3v) is 5.46. The van der Waals surface area contributed by atoms with Gasteiger partial charge in [-0.3, -0.25) is 4.79 Å². The monoisotopic (exact) mass is 429 g/mol. The van der Waals surface area contributed by atoms with Crippen LogP contribution in [0.5, 0.6) is 17.4 Å². The van der Waals surface area contributed by atoms with Gasteiger partial charge in [-0.15, -0.1) is 0 Å². The fourth-order valence-corrected chi connectivity index (χ4v) is 3.71. The summed E-state index contributed by atoms with van der Waals surface area (Å²) in [6.07, 6.45) is 9.52. The van der Waals surface area contributed by atoms with Crippen LogP contribution in [0.3, 0.4) is 0 Å². The molecule has 4 rings (SSSR count). The van der Waals surface area contributed by atoms with Crippen LogP contribution in [0.25, 0.3) is 11.3 Å². The zero-order chi connectivity index (χ0) is 22.2. The Labute approximate surface area is 188 Å². The standard InChI is InChI=1S/C26H27N3O3/c1-31-22-12-10-20(11-13-22)24-17-25(29-18-28-24)32-23-9-5-8-21(16-23)26(30)27-15-14-19-6-3-2-4-7-19/h5-6,8-13,16-18H,2-4,7,14-15H2,1H3,(H,27,30). The normalized spacial score (nSPS) is 13.2. The van der Waals surface area contributed by atoms with E-state index >= 15 is 0 Å². The van der Waals surface area contributed by atoms with Crippen molar-refractivity contribution in [3.63, 3.8) is 0 Å². The predicted molar refractivity (Wildman–Crippen MR) is 124 cm³/mol. The van der Waals surface area contributed by atoms with E-state index in [1.54, 1.807) is 37.4 Å². The zero-order valence-corrected chi connectivity index (χ0v) is 18.2. The van der Waals surface area contributed by atoms with E-state index in [0.29, 0.717) is 23.7 Å². The number of hydrogen-bond donors (Lipinski definition) is 1. The number of allylic oxidation sites excluding steroid dienone is 1. The van der Waals surface area contributed by atoms with E-state index in [2.05, 4.69) is 21.4 Å². The Balaban J connectivity index is 1.39. The van der Waals surface area contributed by atoms with Crippen LogP contribution >= 0.6 is 0 Å². The van der Waals surface area contributed by atoms with Gasteiger partial charge in [0.05, 0.1) is 12.8 Å². The van der Waals surface area contributed by atoms with Crippen LogP contribution < -0.4 is 14.8 Å². The minimum Gasteiger partial charge on any atom is -0.497 e. The lowest BCUT2D eigenvalue weighted by atomic mass is 9.97. The number of carbonyl (C=O) groups excluding carboxylic acids is 1. The van der Waals surface area contributed by atoms with E-state index in [1.165, 1.54) is 24.7 Å². The molecule has 1 heterocycles. The molecule has 2 aromatic carbocycles. The first-order valence-corrected chi connectivity index (χ1v) is 10.9. The lowest BCUT2D eigenvalue weighted by Crippen LogP contribution is -2.24. The Morgan fingerprint density at radius 2 is 1.91 bits per heavy atom. The molecule has 0 saturated carbocycles. The number of hydrogen-bond acceptors (Lipinski definition) is 5. The van der Waals surface area contributed by atoms with E-state index in [9.17, 15) is 4.79 Å². The average molecular weight is 430 g/mol. The summed E-state index contributed by atoms with van der Waals surface area (Å²) in [7, 11) is 1.63. The van der Waals surface area contributed by atoms with Crippen molar-refractivity contribution in [2.75, 3.05) is 13.7 Å². The summed E-state index contributed by atoms with van der Waals surface area (Å²) in [6, 6.07) is 16.5. The Morgan fingerprint density at radius 1 is 1.03 bits per heavy atom. The van der Waals surface area contributed by atoms with Gasteiger partial charge in [-0.05, 0) is 74.6 Å². The highest BCUT2D eigenvalue weighted by molar-refractivity contribution is 5.94. The van der Waals surface area contributed by atoms with Gasteiger partial charge in [-0.2, -0.15) is 0 Å². The molecule has 0 radical (unpaired) electrons. The molecule has 0 aliphatic heterocycles. The van der Waals surface area contributed by atoms with Crippen molar-refractivity contribution < 1.29 is 14.3 Å².